The zero-order chi connectivity index (χ0) is 14.5. The van der Waals surface area contributed by atoms with Gasteiger partial charge >= 0.3 is 5.97 Å². The first-order valence-corrected chi connectivity index (χ1v) is 6.24. The number of aromatic carboxylic acids is 1. The summed E-state index contributed by atoms with van der Waals surface area (Å²) in [6.45, 7) is 2.54. The van der Waals surface area contributed by atoms with Crippen molar-refractivity contribution >= 4 is 11.8 Å². The number of carboxylic acid groups (broad SMARTS) is 1. The van der Waals surface area contributed by atoms with E-state index in [4.69, 9.17) is 5.11 Å². The van der Waals surface area contributed by atoms with Gasteiger partial charge < -0.3 is 10.4 Å². The van der Waals surface area contributed by atoms with Crippen molar-refractivity contribution in [3.63, 3.8) is 0 Å². The molecule has 1 aromatic heterocycles. The molecule has 0 spiro atoms. The minimum Gasteiger partial charge on any atom is -0.478 e. The van der Waals surface area contributed by atoms with Gasteiger partial charge in [0.15, 0.2) is 0 Å². The van der Waals surface area contributed by atoms with Crippen LogP contribution in [-0.4, -0.2) is 22.6 Å². The summed E-state index contributed by atoms with van der Waals surface area (Å²) in [4.78, 5) is 14.8. The van der Waals surface area contributed by atoms with Gasteiger partial charge in [-0.2, -0.15) is 0 Å². The molecule has 0 unspecified atom stereocenters. The van der Waals surface area contributed by atoms with Crippen molar-refractivity contribution in [1.29, 1.82) is 0 Å². The van der Waals surface area contributed by atoms with Crippen molar-refractivity contribution in [2.24, 2.45) is 0 Å². The largest absolute Gasteiger partial charge is 0.478 e. The maximum absolute atomic E-state index is 13.0. The molecule has 4 nitrogen and oxygen atoms in total. The van der Waals surface area contributed by atoms with E-state index in [0.717, 1.165) is 24.2 Å². The molecule has 104 valence electrons. The third-order valence-electron chi connectivity index (χ3n) is 2.87. The number of pyridine rings is 1. The van der Waals surface area contributed by atoms with Crippen molar-refractivity contribution in [3.05, 3.63) is 59.0 Å². The molecule has 20 heavy (non-hydrogen) atoms. The molecule has 0 saturated heterocycles. The third kappa shape index (κ3) is 3.54. The maximum atomic E-state index is 13.0. The van der Waals surface area contributed by atoms with Gasteiger partial charge in [-0.15, -0.1) is 0 Å². The number of aryl methyl sites for hydroxylation is 1. The number of halogens is 1. The molecule has 0 aliphatic carbocycles. The van der Waals surface area contributed by atoms with Crippen LogP contribution in [0.15, 0.2) is 36.5 Å². The minimum atomic E-state index is -1.20. The minimum absolute atomic E-state index is 0.158. The average molecular weight is 274 g/mol. The molecule has 1 heterocycles. The van der Waals surface area contributed by atoms with Crippen LogP contribution >= 0.6 is 0 Å². The molecule has 0 amide bonds. The quantitative estimate of drug-likeness (QED) is 0.880. The maximum Gasteiger partial charge on any atom is 0.339 e. The highest BCUT2D eigenvalue weighted by Crippen LogP contribution is 2.14. The lowest BCUT2D eigenvalue weighted by Gasteiger charge is -2.09. The van der Waals surface area contributed by atoms with Gasteiger partial charge in [-0.25, -0.2) is 14.2 Å². The van der Waals surface area contributed by atoms with Gasteiger partial charge in [-0.1, -0.05) is 29.8 Å². The molecule has 0 atom stereocenters. The predicted molar refractivity (Wildman–Crippen MR) is 74.5 cm³/mol. The summed E-state index contributed by atoms with van der Waals surface area (Å²) in [7, 11) is 0. The van der Waals surface area contributed by atoms with E-state index in [2.05, 4.69) is 16.4 Å². The number of nitrogens with one attached hydrogen (secondary N) is 1. The Morgan fingerprint density at radius 3 is 2.90 bits per heavy atom. The number of benzene rings is 1. The Labute approximate surface area is 116 Å². The fourth-order valence-electron chi connectivity index (χ4n) is 1.94. The molecular formula is C15H15FN2O2. The number of carbonyl (C=O) groups is 1. The summed E-state index contributed by atoms with van der Waals surface area (Å²) in [5.74, 6) is -1.67. The van der Waals surface area contributed by atoms with Crippen LogP contribution in [0.3, 0.4) is 0 Å². The highest BCUT2D eigenvalue weighted by molar-refractivity contribution is 5.93. The van der Waals surface area contributed by atoms with Crippen LogP contribution in [0, 0.1) is 12.7 Å². The van der Waals surface area contributed by atoms with Crippen molar-refractivity contribution in [2.75, 3.05) is 11.9 Å². The van der Waals surface area contributed by atoms with Crippen molar-refractivity contribution in [1.82, 2.24) is 4.98 Å². The first kappa shape index (κ1) is 14.0. The van der Waals surface area contributed by atoms with Crippen LogP contribution in [0.4, 0.5) is 10.2 Å². The molecule has 2 N–H and O–H groups in total. The van der Waals surface area contributed by atoms with Gasteiger partial charge in [0.1, 0.15) is 17.2 Å². The van der Waals surface area contributed by atoms with E-state index < -0.39 is 11.8 Å². The van der Waals surface area contributed by atoms with Crippen LogP contribution in [0.5, 0.6) is 0 Å². The fourth-order valence-corrected chi connectivity index (χ4v) is 1.94. The van der Waals surface area contributed by atoms with Crippen molar-refractivity contribution < 1.29 is 14.3 Å². The number of nitrogens with zero attached hydrogens (tertiary/aromatic N) is 1. The lowest BCUT2D eigenvalue weighted by Crippen LogP contribution is -2.11. The zero-order valence-corrected chi connectivity index (χ0v) is 11.1. The summed E-state index contributed by atoms with van der Waals surface area (Å²) in [5.41, 5.74) is 2.17. The Hall–Kier alpha value is -2.43. The SMILES string of the molecule is Cc1cccc(CCNc2ncc(F)cc2C(=O)O)c1. The normalized spacial score (nSPS) is 10.3. The average Bonchev–Trinajstić information content (AvgIpc) is 2.40. The van der Waals surface area contributed by atoms with Gasteiger partial charge in [0, 0.05) is 6.54 Å². The molecule has 2 rings (SSSR count). The summed E-state index contributed by atoms with van der Waals surface area (Å²) in [6, 6.07) is 9.03. The molecule has 1 aromatic carbocycles. The Kier molecular flexibility index (Phi) is 4.30. The number of anilines is 1. The Morgan fingerprint density at radius 2 is 2.20 bits per heavy atom. The molecular weight excluding hydrogens is 259 g/mol. The van der Waals surface area contributed by atoms with E-state index in [1.54, 1.807) is 0 Å². The second-order valence-electron chi connectivity index (χ2n) is 4.52. The molecule has 2 aromatic rings. The molecule has 0 bridgehead atoms. The lowest BCUT2D eigenvalue weighted by atomic mass is 10.1. The van der Waals surface area contributed by atoms with Crippen LogP contribution in [0.25, 0.3) is 0 Å². The van der Waals surface area contributed by atoms with Gasteiger partial charge in [0.2, 0.25) is 0 Å². The van der Waals surface area contributed by atoms with Crippen LogP contribution in [0.1, 0.15) is 21.5 Å². The van der Waals surface area contributed by atoms with Gasteiger partial charge in [-0.3, -0.25) is 0 Å². The molecule has 5 heteroatoms. The Bertz CT molecular complexity index is 629. The summed E-state index contributed by atoms with van der Waals surface area (Å²) in [5, 5.41) is 11.9. The first-order chi connectivity index (χ1) is 9.56. The monoisotopic (exact) mass is 274 g/mol. The molecule has 0 fully saturated rings. The number of hydrogen-bond acceptors (Lipinski definition) is 3. The van der Waals surface area contributed by atoms with E-state index >= 15 is 0 Å². The van der Waals surface area contributed by atoms with Gasteiger partial charge in [0.25, 0.3) is 0 Å². The van der Waals surface area contributed by atoms with Gasteiger partial charge in [-0.05, 0) is 25.0 Å². The van der Waals surface area contributed by atoms with E-state index in [1.807, 2.05) is 25.1 Å². The smallest absolute Gasteiger partial charge is 0.339 e. The molecule has 0 aliphatic heterocycles. The second-order valence-corrected chi connectivity index (χ2v) is 4.52. The third-order valence-corrected chi connectivity index (χ3v) is 2.87. The second kappa shape index (κ2) is 6.14. The highest BCUT2D eigenvalue weighted by Gasteiger charge is 2.12. The van der Waals surface area contributed by atoms with Gasteiger partial charge in [0.05, 0.1) is 6.20 Å². The van der Waals surface area contributed by atoms with Crippen molar-refractivity contribution in [2.45, 2.75) is 13.3 Å². The summed E-state index contributed by atoms with van der Waals surface area (Å²) in [6.07, 6.45) is 1.74. The van der Waals surface area contributed by atoms with E-state index in [0.29, 0.717) is 6.54 Å². The van der Waals surface area contributed by atoms with Crippen LogP contribution in [0.2, 0.25) is 0 Å². The molecule has 0 saturated carbocycles. The number of rotatable bonds is 5. The summed E-state index contributed by atoms with van der Waals surface area (Å²) >= 11 is 0. The van der Waals surface area contributed by atoms with E-state index in [1.165, 1.54) is 5.56 Å². The van der Waals surface area contributed by atoms with Crippen LogP contribution < -0.4 is 5.32 Å². The fraction of sp³-hybridized carbons (Fsp3) is 0.200. The predicted octanol–water partition coefficient (Wildman–Crippen LogP) is 2.88. The number of aromatic nitrogens is 1. The number of carboxylic acids is 1. The van der Waals surface area contributed by atoms with Crippen molar-refractivity contribution in [3.8, 4) is 0 Å². The Balaban J connectivity index is 2.02. The van der Waals surface area contributed by atoms with Crippen LogP contribution in [-0.2, 0) is 6.42 Å². The first-order valence-electron chi connectivity index (χ1n) is 6.24. The van der Waals surface area contributed by atoms with E-state index in [9.17, 15) is 9.18 Å². The topological polar surface area (TPSA) is 62.2 Å². The Morgan fingerprint density at radius 1 is 1.40 bits per heavy atom. The van der Waals surface area contributed by atoms with E-state index in [-0.39, 0.29) is 11.4 Å². The molecule has 0 radical (unpaired) electrons. The standard InChI is InChI=1S/C15H15FN2O2/c1-10-3-2-4-11(7-10)5-6-17-14-13(15(19)20)8-12(16)9-18-14/h2-4,7-9H,5-6H2,1H3,(H,17,18)(H,19,20). The zero-order valence-electron chi connectivity index (χ0n) is 11.1. The summed E-state index contributed by atoms with van der Waals surface area (Å²) < 4.78 is 13.0. The lowest BCUT2D eigenvalue weighted by molar-refractivity contribution is 0.0697. The number of hydrogen-bond donors (Lipinski definition) is 2. The highest BCUT2D eigenvalue weighted by atomic mass is 19.1. The molecule has 0 aliphatic rings.